The maximum Gasteiger partial charge on any atom is 0.249 e. The Morgan fingerprint density at radius 1 is 0.755 bits per heavy atom. The van der Waals surface area contributed by atoms with Gasteiger partial charge in [0.15, 0.2) is 0 Å². The number of benzene rings is 4. The Hall–Kier alpha value is -5.92. The van der Waals surface area contributed by atoms with E-state index in [0.717, 1.165) is 36.2 Å². The summed E-state index contributed by atoms with van der Waals surface area (Å²) in [4.78, 5) is 20.9. The molecule has 53 heavy (non-hydrogen) atoms. The van der Waals surface area contributed by atoms with Gasteiger partial charge in [0, 0.05) is 10.0 Å². The number of nitrogens with zero attached hydrogens (tertiary/aromatic N) is 7. The number of fused-ring (bicyclic) bond motifs is 2. The molecule has 264 valence electrons. The lowest BCUT2D eigenvalue weighted by Crippen LogP contribution is -2.12. The Morgan fingerprint density at radius 2 is 1.26 bits per heavy atom. The molecule has 13 nitrogen and oxygen atoms in total. The van der Waals surface area contributed by atoms with Crippen molar-refractivity contribution in [3.05, 3.63) is 116 Å². The highest BCUT2D eigenvalue weighted by Gasteiger charge is 2.19. The molecule has 1 amide bonds. The van der Waals surface area contributed by atoms with Crippen LogP contribution in [-0.4, -0.2) is 50.5 Å². The molecule has 0 radical (unpaired) electrons. The number of halogens is 2. The van der Waals surface area contributed by atoms with E-state index < -0.39 is 5.91 Å². The second-order valence-electron chi connectivity index (χ2n) is 11.0. The first-order valence-corrected chi connectivity index (χ1v) is 17.9. The Kier molecular flexibility index (Phi) is 10.3. The smallest absolute Gasteiger partial charge is 0.249 e. The molecule has 0 saturated carbocycles. The van der Waals surface area contributed by atoms with Crippen LogP contribution in [-0.2, 0) is 12.8 Å². The number of nitriles is 1. The summed E-state index contributed by atoms with van der Waals surface area (Å²) in [5, 5.41) is 28.0. The average molecular weight is 784 g/mol. The summed E-state index contributed by atoms with van der Waals surface area (Å²) in [6, 6.07) is 23.3. The zero-order chi connectivity index (χ0) is 37.1. The molecule has 0 spiro atoms. The van der Waals surface area contributed by atoms with Crippen molar-refractivity contribution in [3.63, 3.8) is 0 Å². The normalized spacial score (nSPS) is 10.9. The molecule has 0 atom stereocenters. The first kappa shape index (κ1) is 35.5. The number of rotatable bonds is 9. The van der Waals surface area contributed by atoms with E-state index in [4.69, 9.17) is 47.2 Å². The van der Waals surface area contributed by atoms with Crippen LogP contribution in [0.25, 0.3) is 43.3 Å². The second-order valence-corrected chi connectivity index (χ2v) is 14.1. The fourth-order valence-corrected chi connectivity index (χ4v) is 7.54. The van der Waals surface area contributed by atoms with Crippen molar-refractivity contribution in [1.29, 1.82) is 5.26 Å². The first-order chi connectivity index (χ1) is 25.7. The lowest BCUT2D eigenvalue weighted by atomic mass is 10.1. The second kappa shape index (κ2) is 15.4. The Labute approximate surface area is 318 Å². The Morgan fingerprint density at radius 3 is 1.77 bits per heavy atom. The molecule has 4 aromatic heterocycles. The van der Waals surface area contributed by atoms with E-state index in [1.165, 1.54) is 17.4 Å². The molecule has 17 heteroatoms. The maximum absolute atomic E-state index is 11.7. The Bertz CT molecular complexity index is 2660. The van der Waals surface area contributed by atoms with Gasteiger partial charge in [-0.25, -0.2) is 9.97 Å². The van der Waals surface area contributed by atoms with Crippen molar-refractivity contribution >= 4 is 72.2 Å². The quantitative estimate of drug-likeness (QED) is 0.148. The first-order valence-electron chi connectivity index (χ1n) is 15.5. The van der Waals surface area contributed by atoms with Crippen LogP contribution in [0, 0.1) is 11.3 Å². The molecule has 0 fully saturated rings. The van der Waals surface area contributed by atoms with Gasteiger partial charge in [0.2, 0.25) is 29.5 Å². The van der Waals surface area contributed by atoms with Gasteiger partial charge in [-0.1, -0.05) is 35.3 Å². The van der Waals surface area contributed by atoms with Crippen LogP contribution in [0.15, 0.2) is 81.6 Å². The van der Waals surface area contributed by atoms with E-state index in [0.29, 0.717) is 57.1 Å². The summed E-state index contributed by atoms with van der Waals surface area (Å²) < 4.78 is 24.2. The number of primary amides is 1. The molecule has 4 heterocycles. The zero-order valence-electron chi connectivity index (χ0n) is 27.7. The summed E-state index contributed by atoms with van der Waals surface area (Å²) in [6.45, 7) is 0. The highest BCUT2D eigenvalue weighted by atomic mass is 35.5. The third kappa shape index (κ3) is 7.66. The number of para-hydroxylation sites is 2. The number of hydrogen-bond donors (Lipinski definition) is 1. The van der Waals surface area contributed by atoms with Gasteiger partial charge in [-0.2, -0.15) is 5.26 Å². The number of ether oxygens (including phenoxy) is 2. The predicted octanol–water partition coefficient (Wildman–Crippen LogP) is 8.17. The minimum Gasteiger partial charge on any atom is -0.494 e. The minimum atomic E-state index is -0.620. The van der Waals surface area contributed by atoms with Gasteiger partial charge in [-0.15, -0.1) is 43.1 Å². The Balaban J connectivity index is 0.000000164. The molecule has 0 aliphatic heterocycles. The summed E-state index contributed by atoms with van der Waals surface area (Å²) >= 11 is 14.9. The summed E-state index contributed by atoms with van der Waals surface area (Å²) in [7, 11) is 3.23. The van der Waals surface area contributed by atoms with Gasteiger partial charge in [0.1, 0.15) is 38.6 Å². The fourth-order valence-electron chi connectivity index (χ4n) is 5.25. The molecule has 4 aromatic carbocycles. The highest BCUT2D eigenvalue weighted by Crippen LogP contribution is 2.33. The summed E-state index contributed by atoms with van der Waals surface area (Å²) in [5.74, 6) is 2.13. The molecular weight excluding hydrogens is 759 g/mol. The number of amides is 1. The van der Waals surface area contributed by atoms with Crippen molar-refractivity contribution in [3.8, 4) is 40.5 Å². The summed E-state index contributed by atoms with van der Waals surface area (Å²) in [5.41, 5.74) is 8.64. The van der Waals surface area contributed by atoms with Gasteiger partial charge in [-0.05, 0) is 60.7 Å². The fraction of sp³-hybridized carbons (Fsp3) is 0.111. The zero-order valence-corrected chi connectivity index (χ0v) is 30.8. The number of carbonyl (C=O) groups is 1. The van der Waals surface area contributed by atoms with E-state index in [9.17, 15) is 10.1 Å². The number of thiazole rings is 2. The van der Waals surface area contributed by atoms with Gasteiger partial charge in [0.05, 0.1) is 58.7 Å². The van der Waals surface area contributed by atoms with Crippen LogP contribution >= 0.6 is 45.9 Å². The monoisotopic (exact) mass is 782 g/mol. The predicted molar refractivity (Wildman–Crippen MR) is 201 cm³/mol. The lowest BCUT2D eigenvalue weighted by Gasteiger charge is -2.02. The van der Waals surface area contributed by atoms with Gasteiger partial charge in [-0.3, -0.25) is 4.79 Å². The molecule has 8 rings (SSSR count). The molecule has 0 aliphatic carbocycles. The van der Waals surface area contributed by atoms with Crippen LogP contribution in [0.4, 0.5) is 0 Å². The summed E-state index contributed by atoms with van der Waals surface area (Å²) in [6.07, 6.45) is 0.778. The van der Waals surface area contributed by atoms with Crippen LogP contribution in [0.5, 0.6) is 11.5 Å². The standard InChI is InChI=1S/C18H13ClN4O3S.C18H11ClN4O2S/c1-25-12-3-2-4-13-16(12)21-15(27-13)8-14-22-23-18(26-14)10-6-5-9(19)7-11(10)17(20)24;1-24-13-3-2-4-14-17(13)21-16(26-14)8-15-22-23-18(25-15)12-6-5-11(19)7-10(12)9-20/h2-7H,8H2,1H3,(H2,20,24);2-7H,8H2,1H3. The molecule has 8 aromatic rings. The van der Waals surface area contributed by atoms with Crippen molar-refractivity contribution < 1.29 is 23.1 Å². The van der Waals surface area contributed by atoms with Crippen LogP contribution in [0.1, 0.15) is 37.7 Å². The van der Waals surface area contributed by atoms with Gasteiger partial charge < -0.3 is 24.0 Å². The topological polar surface area (TPSA) is 189 Å². The van der Waals surface area contributed by atoms with E-state index in [1.807, 2.05) is 36.4 Å². The SMILES string of the molecule is COc1cccc2sc(Cc3nnc(-c4ccc(Cl)cc4C#N)o3)nc12.COc1cccc2sc(Cc3nnc(-c4ccc(Cl)cc4C(N)=O)o3)nc12. The molecule has 0 aliphatic rings. The van der Waals surface area contributed by atoms with E-state index >= 15 is 0 Å². The minimum absolute atomic E-state index is 0.203. The third-order valence-electron chi connectivity index (χ3n) is 7.64. The van der Waals surface area contributed by atoms with Gasteiger partial charge in [0.25, 0.3) is 0 Å². The number of aromatic nitrogens is 6. The molecule has 2 N–H and O–H groups in total. The van der Waals surface area contributed by atoms with E-state index in [2.05, 4.69) is 36.4 Å². The number of hydrogen-bond acceptors (Lipinski definition) is 14. The van der Waals surface area contributed by atoms with Crippen LogP contribution < -0.4 is 15.2 Å². The van der Waals surface area contributed by atoms with E-state index in [-0.39, 0.29) is 17.3 Å². The van der Waals surface area contributed by atoms with Gasteiger partial charge >= 0.3 is 0 Å². The highest BCUT2D eigenvalue weighted by molar-refractivity contribution is 7.19. The van der Waals surface area contributed by atoms with Crippen molar-refractivity contribution in [2.45, 2.75) is 12.8 Å². The maximum atomic E-state index is 11.7. The lowest BCUT2D eigenvalue weighted by molar-refractivity contribution is 0.100. The number of nitrogens with two attached hydrogens (primary N) is 1. The molecule has 0 bridgehead atoms. The van der Waals surface area contributed by atoms with Crippen molar-refractivity contribution in [2.75, 3.05) is 14.2 Å². The average Bonchev–Trinajstić information content (AvgIpc) is 3.98. The molecular formula is C36H24Cl2N8O5S2. The largest absolute Gasteiger partial charge is 0.494 e. The number of methoxy groups -OCH3 is 2. The van der Waals surface area contributed by atoms with Crippen molar-refractivity contribution in [1.82, 2.24) is 30.4 Å². The van der Waals surface area contributed by atoms with Crippen LogP contribution in [0.3, 0.4) is 0 Å². The van der Waals surface area contributed by atoms with Crippen molar-refractivity contribution in [2.24, 2.45) is 5.73 Å². The van der Waals surface area contributed by atoms with Crippen LogP contribution in [0.2, 0.25) is 10.0 Å². The third-order valence-corrected chi connectivity index (χ3v) is 10.2. The number of carbonyl (C=O) groups excluding carboxylic acids is 1. The molecule has 0 saturated heterocycles. The molecule has 0 unspecified atom stereocenters. The van der Waals surface area contributed by atoms with E-state index in [1.54, 1.807) is 55.9 Å².